The van der Waals surface area contributed by atoms with Crippen molar-refractivity contribution in [1.82, 2.24) is 14.3 Å². The van der Waals surface area contributed by atoms with E-state index in [1.54, 1.807) is 23.8 Å². The van der Waals surface area contributed by atoms with Crippen molar-refractivity contribution in [3.63, 3.8) is 0 Å². The molecule has 4 aromatic rings. The summed E-state index contributed by atoms with van der Waals surface area (Å²) in [6.45, 7) is 4.33. The van der Waals surface area contributed by atoms with Crippen LogP contribution in [0, 0.1) is 5.82 Å². The number of carbonyl (C=O) groups is 1. The third-order valence-corrected chi connectivity index (χ3v) is 6.45. The lowest BCUT2D eigenvalue weighted by atomic mass is 10.1. The van der Waals surface area contributed by atoms with Gasteiger partial charge in [0.1, 0.15) is 11.6 Å². The summed E-state index contributed by atoms with van der Waals surface area (Å²) in [6, 6.07) is 12.8. The predicted octanol–water partition coefficient (Wildman–Crippen LogP) is 4.31. The summed E-state index contributed by atoms with van der Waals surface area (Å²) in [4.78, 5) is 20.4. The summed E-state index contributed by atoms with van der Waals surface area (Å²) in [5.74, 6) is 0.800. The molecule has 0 saturated carbocycles. The van der Waals surface area contributed by atoms with Gasteiger partial charge in [0.2, 0.25) is 0 Å². The molecule has 2 aromatic heterocycles. The van der Waals surface area contributed by atoms with E-state index in [1.165, 1.54) is 22.2 Å². The van der Waals surface area contributed by atoms with Crippen LogP contribution >= 0.6 is 11.5 Å². The van der Waals surface area contributed by atoms with Gasteiger partial charge in [-0.1, -0.05) is 12.1 Å². The average molecular weight is 409 g/mol. The molecule has 5 nitrogen and oxygen atoms in total. The minimum absolute atomic E-state index is 0.0507. The number of aromatic nitrogens is 2. The fourth-order valence-electron chi connectivity index (χ4n) is 4.00. The Labute approximate surface area is 171 Å². The van der Waals surface area contributed by atoms with E-state index in [-0.39, 0.29) is 11.6 Å². The number of benzene rings is 2. The fraction of sp³-hybridized carbons (Fsp3) is 0.273. The van der Waals surface area contributed by atoms with Crippen molar-refractivity contribution < 1.29 is 9.18 Å². The molecule has 0 radical (unpaired) electrons. The van der Waals surface area contributed by atoms with Gasteiger partial charge in [0.25, 0.3) is 0 Å². The molecule has 0 bridgehead atoms. The van der Waals surface area contributed by atoms with E-state index in [0.717, 1.165) is 37.5 Å². The quantitative estimate of drug-likeness (QED) is 0.500. The van der Waals surface area contributed by atoms with E-state index >= 15 is 0 Å². The normalized spacial score (nSPS) is 15.4. The third-order valence-electron chi connectivity index (χ3n) is 5.63. The molecule has 0 atom stereocenters. The van der Waals surface area contributed by atoms with Crippen LogP contribution in [0.2, 0.25) is 0 Å². The number of halogens is 1. The van der Waals surface area contributed by atoms with E-state index in [0.29, 0.717) is 23.9 Å². The van der Waals surface area contributed by atoms with Crippen LogP contribution in [0.5, 0.6) is 0 Å². The lowest BCUT2D eigenvalue weighted by Gasteiger charge is -2.34. The highest BCUT2D eigenvalue weighted by molar-refractivity contribution is 7.13. The Hall–Kier alpha value is -2.77. The maximum Gasteiger partial charge on any atom is 0.166 e. The van der Waals surface area contributed by atoms with Crippen LogP contribution in [0.3, 0.4) is 0 Å². The number of hydrogen-bond acceptors (Lipinski definition) is 5. The highest BCUT2D eigenvalue weighted by atomic mass is 32.1. The highest BCUT2D eigenvalue weighted by Gasteiger charge is 2.21. The van der Waals surface area contributed by atoms with Gasteiger partial charge < -0.3 is 9.88 Å². The van der Waals surface area contributed by atoms with Gasteiger partial charge in [-0.2, -0.15) is 4.37 Å². The van der Waals surface area contributed by atoms with Gasteiger partial charge in [0.15, 0.2) is 5.78 Å². The van der Waals surface area contributed by atoms with Crippen molar-refractivity contribution in [2.75, 3.05) is 37.6 Å². The first-order valence-corrected chi connectivity index (χ1v) is 10.6. The molecule has 1 saturated heterocycles. The third kappa shape index (κ3) is 3.52. The van der Waals surface area contributed by atoms with Crippen LogP contribution in [0.25, 0.3) is 21.0 Å². The fourth-order valence-corrected chi connectivity index (χ4v) is 4.80. The second-order valence-corrected chi connectivity index (χ2v) is 8.20. The van der Waals surface area contributed by atoms with Gasteiger partial charge in [0.05, 0.1) is 4.70 Å². The summed E-state index contributed by atoms with van der Waals surface area (Å²) >= 11 is 1.54. The summed E-state index contributed by atoms with van der Waals surface area (Å²) in [5.41, 5.74) is 1.37. The highest BCUT2D eigenvalue weighted by Crippen LogP contribution is 2.30. The molecule has 0 amide bonds. The largest absolute Gasteiger partial charge is 0.360 e. The zero-order valence-corrected chi connectivity index (χ0v) is 16.7. The molecule has 1 N–H and O–H groups in total. The van der Waals surface area contributed by atoms with Crippen molar-refractivity contribution >= 4 is 44.1 Å². The Morgan fingerprint density at radius 2 is 1.93 bits per heavy atom. The van der Waals surface area contributed by atoms with Gasteiger partial charge in [-0.3, -0.25) is 9.69 Å². The van der Waals surface area contributed by atoms with Crippen LogP contribution < -0.4 is 4.90 Å². The van der Waals surface area contributed by atoms with Crippen molar-refractivity contribution in [2.24, 2.45) is 0 Å². The Balaban J connectivity index is 1.20. The first kappa shape index (κ1) is 18.3. The molecule has 2 aromatic carbocycles. The van der Waals surface area contributed by atoms with Crippen LogP contribution in [0.15, 0.2) is 48.7 Å². The summed E-state index contributed by atoms with van der Waals surface area (Å²) in [7, 11) is 0. The summed E-state index contributed by atoms with van der Waals surface area (Å²) in [5, 5.41) is 1.88. The van der Waals surface area contributed by atoms with E-state index in [1.807, 2.05) is 6.07 Å². The second kappa shape index (κ2) is 7.57. The zero-order chi connectivity index (χ0) is 19.8. The Kier molecular flexibility index (Phi) is 4.77. The number of aromatic amines is 1. The minimum atomic E-state index is -0.322. The smallest absolute Gasteiger partial charge is 0.166 e. The SMILES string of the molecule is O=C(CCN1CCN(c2nsc3ccccc23)CC1)c1c[nH]c2ccc(F)cc12. The number of carbonyl (C=O) groups excluding carboxylic acids is 1. The molecule has 5 rings (SSSR count). The molecule has 0 aliphatic carbocycles. The molecule has 0 spiro atoms. The number of rotatable bonds is 5. The first-order valence-electron chi connectivity index (χ1n) is 9.80. The van der Waals surface area contributed by atoms with Crippen LogP contribution in [0.1, 0.15) is 16.8 Å². The van der Waals surface area contributed by atoms with Gasteiger partial charge in [-0.25, -0.2) is 4.39 Å². The summed E-state index contributed by atoms with van der Waals surface area (Å²) < 4.78 is 19.4. The first-order chi connectivity index (χ1) is 14.2. The Morgan fingerprint density at radius 1 is 1.10 bits per heavy atom. The van der Waals surface area contributed by atoms with Crippen molar-refractivity contribution in [1.29, 1.82) is 0 Å². The Bertz CT molecular complexity index is 1180. The average Bonchev–Trinajstić information content (AvgIpc) is 3.36. The van der Waals surface area contributed by atoms with Gasteiger partial charge >= 0.3 is 0 Å². The second-order valence-electron chi connectivity index (χ2n) is 7.40. The lowest BCUT2D eigenvalue weighted by molar-refractivity contribution is 0.0964. The van der Waals surface area contributed by atoms with Crippen molar-refractivity contribution in [3.05, 3.63) is 60.0 Å². The van der Waals surface area contributed by atoms with E-state index < -0.39 is 0 Å². The molecular formula is C22H21FN4OS. The molecular weight excluding hydrogens is 387 g/mol. The molecule has 1 aliphatic rings. The lowest BCUT2D eigenvalue weighted by Crippen LogP contribution is -2.47. The van der Waals surface area contributed by atoms with Crippen molar-refractivity contribution in [3.8, 4) is 0 Å². The van der Waals surface area contributed by atoms with Crippen LogP contribution in [-0.2, 0) is 0 Å². The maximum atomic E-state index is 13.5. The predicted molar refractivity (Wildman–Crippen MR) is 115 cm³/mol. The number of ketones is 1. The van der Waals surface area contributed by atoms with Gasteiger partial charge in [-0.05, 0) is 41.9 Å². The molecule has 1 aliphatic heterocycles. The molecule has 148 valence electrons. The number of Topliss-reactive ketones (excluding diaryl/α,β-unsaturated/α-hetero) is 1. The minimum Gasteiger partial charge on any atom is -0.360 e. The molecule has 0 unspecified atom stereocenters. The molecule has 29 heavy (non-hydrogen) atoms. The van der Waals surface area contributed by atoms with E-state index in [4.69, 9.17) is 0 Å². The number of nitrogens with one attached hydrogen (secondary N) is 1. The zero-order valence-electron chi connectivity index (χ0n) is 15.9. The van der Waals surface area contributed by atoms with E-state index in [9.17, 15) is 9.18 Å². The van der Waals surface area contributed by atoms with Crippen molar-refractivity contribution in [2.45, 2.75) is 6.42 Å². The number of piperazine rings is 1. The number of anilines is 1. The summed E-state index contributed by atoms with van der Waals surface area (Å²) in [6.07, 6.45) is 2.13. The molecule has 1 fully saturated rings. The number of hydrogen-bond donors (Lipinski definition) is 1. The maximum absolute atomic E-state index is 13.5. The van der Waals surface area contributed by atoms with Gasteiger partial charge in [-0.15, -0.1) is 0 Å². The van der Waals surface area contributed by atoms with E-state index in [2.05, 4.69) is 37.4 Å². The number of nitrogens with zero attached hydrogens (tertiary/aromatic N) is 3. The standard InChI is InChI=1S/C22H21FN4OS/c23-15-5-6-19-17(13-15)18(14-24-19)20(28)7-8-26-9-11-27(12-10-26)22-16-3-1-2-4-21(16)29-25-22/h1-6,13-14,24H,7-12H2. The van der Waals surface area contributed by atoms with Gasteiger partial charge in [0, 0.05) is 67.2 Å². The number of fused-ring (bicyclic) bond motifs is 2. The topological polar surface area (TPSA) is 52.2 Å². The molecule has 7 heteroatoms. The van der Waals surface area contributed by atoms with Crippen LogP contribution in [0.4, 0.5) is 10.2 Å². The monoisotopic (exact) mass is 408 g/mol. The number of H-pyrrole nitrogens is 1. The molecule has 3 heterocycles. The van der Waals surface area contributed by atoms with Crippen LogP contribution in [-0.4, -0.2) is 52.8 Å². The Morgan fingerprint density at radius 3 is 2.79 bits per heavy atom.